The number of alkyl halides is 3. The van der Waals surface area contributed by atoms with Crippen molar-refractivity contribution in [1.82, 2.24) is 14.8 Å². The highest BCUT2D eigenvalue weighted by Crippen LogP contribution is 2.30. The van der Waals surface area contributed by atoms with Crippen LogP contribution in [0.4, 0.5) is 13.2 Å². The van der Waals surface area contributed by atoms with Crippen LogP contribution in [0, 0.1) is 0 Å². The Bertz CT molecular complexity index is 720. The standard InChI is InChI=1S/C14H13F3N4OS/c1-20(7-12-19-10(8-23-12)14(15,16)17)13(22)9-2-3-11-18-4-5-21(11)6-9/h2-3,6,8H,4-5,7H2,1H3. The van der Waals surface area contributed by atoms with Crippen LogP contribution in [0.5, 0.6) is 0 Å². The van der Waals surface area contributed by atoms with E-state index in [0.717, 1.165) is 29.1 Å². The molecule has 0 aromatic carbocycles. The number of amides is 1. The van der Waals surface area contributed by atoms with Gasteiger partial charge < -0.3 is 9.80 Å². The second kappa shape index (κ2) is 5.80. The number of nitrogens with zero attached hydrogens (tertiary/aromatic N) is 4. The van der Waals surface area contributed by atoms with E-state index in [9.17, 15) is 18.0 Å². The maximum absolute atomic E-state index is 12.5. The predicted molar refractivity (Wildman–Crippen MR) is 79.8 cm³/mol. The highest BCUT2D eigenvalue weighted by molar-refractivity contribution is 7.09. The first kappa shape index (κ1) is 15.7. The van der Waals surface area contributed by atoms with Crippen molar-refractivity contribution in [3.8, 4) is 0 Å². The second-order valence-corrected chi connectivity index (χ2v) is 6.08. The molecule has 0 spiro atoms. The number of aromatic nitrogens is 1. The van der Waals surface area contributed by atoms with Crippen LogP contribution in [-0.2, 0) is 17.5 Å². The largest absolute Gasteiger partial charge is 0.434 e. The summed E-state index contributed by atoms with van der Waals surface area (Å²) in [5, 5.41) is 1.21. The van der Waals surface area contributed by atoms with Gasteiger partial charge in [-0.05, 0) is 12.2 Å². The van der Waals surface area contributed by atoms with Crippen LogP contribution in [0.25, 0.3) is 0 Å². The molecular formula is C14H13F3N4OS. The van der Waals surface area contributed by atoms with Gasteiger partial charge in [-0.3, -0.25) is 9.79 Å². The number of fused-ring (bicyclic) bond motifs is 1. The molecule has 3 rings (SSSR count). The summed E-state index contributed by atoms with van der Waals surface area (Å²) in [7, 11) is 1.54. The topological polar surface area (TPSA) is 48.8 Å². The Balaban J connectivity index is 1.68. The number of halogens is 3. The van der Waals surface area contributed by atoms with E-state index in [2.05, 4.69) is 9.98 Å². The van der Waals surface area contributed by atoms with Crippen molar-refractivity contribution in [3.63, 3.8) is 0 Å². The van der Waals surface area contributed by atoms with Crippen LogP contribution in [0.1, 0.15) is 10.7 Å². The molecule has 1 aromatic heterocycles. The lowest BCUT2D eigenvalue weighted by Crippen LogP contribution is -2.31. The molecule has 0 saturated carbocycles. The van der Waals surface area contributed by atoms with Crippen LogP contribution < -0.4 is 0 Å². The van der Waals surface area contributed by atoms with Gasteiger partial charge in [0.05, 0.1) is 18.7 Å². The molecule has 23 heavy (non-hydrogen) atoms. The fraction of sp³-hybridized carbons (Fsp3) is 0.357. The number of thiazole rings is 1. The van der Waals surface area contributed by atoms with Crippen LogP contribution in [0.15, 0.2) is 34.3 Å². The van der Waals surface area contributed by atoms with Gasteiger partial charge in [-0.15, -0.1) is 11.3 Å². The van der Waals surface area contributed by atoms with Crippen LogP contribution in [-0.4, -0.2) is 46.7 Å². The molecule has 0 aliphatic carbocycles. The van der Waals surface area contributed by atoms with E-state index in [-0.39, 0.29) is 17.5 Å². The summed E-state index contributed by atoms with van der Waals surface area (Å²) in [6, 6.07) is 0. The molecule has 5 nitrogen and oxygen atoms in total. The maximum Gasteiger partial charge on any atom is 0.434 e. The molecule has 0 fully saturated rings. The number of hydrogen-bond acceptors (Lipinski definition) is 5. The van der Waals surface area contributed by atoms with E-state index in [1.807, 2.05) is 4.90 Å². The van der Waals surface area contributed by atoms with Gasteiger partial charge in [0, 0.05) is 25.2 Å². The van der Waals surface area contributed by atoms with E-state index in [4.69, 9.17) is 0 Å². The number of carbonyl (C=O) groups excluding carboxylic acids is 1. The van der Waals surface area contributed by atoms with Crippen LogP contribution >= 0.6 is 11.3 Å². The molecule has 9 heteroatoms. The zero-order chi connectivity index (χ0) is 16.6. The van der Waals surface area contributed by atoms with Gasteiger partial charge in [0.2, 0.25) is 0 Å². The lowest BCUT2D eigenvalue weighted by molar-refractivity contribution is -0.140. The van der Waals surface area contributed by atoms with Gasteiger partial charge in [0.15, 0.2) is 5.69 Å². The van der Waals surface area contributed by atoms with Gasteiger partial charge in [-0.1, -0.05) is 0 Å². The first-order valence-corrected chi connectivity index (χ1v) is 7.70. The summed E-state index contributed by atoms with van der Waals surface area (Å²) in [5.41, 5.74) is -0.450. The third-order valence-corrected chi connectivity index (χ3v) is 4.26. The van der Waals surface area contributed by atoms with Crippen molar-refractivity contribution in [2.24, 2.45) is 4.99 Å². The third-order valence-electron chi connectivity index (χ3n) is 3.42. The Morgan fingerprint density at radius 3 is 2.91 bits per heavy atom. The van der Waals surface area contributed by atoms with Gasteiger partial charge in [0.25, 0.3) is 5.91 Å². The second-order valence-electron chi connectivity index (χ2n) is 5.14. The molecule has 1 aromatic rings. The minimum Gasteiger partial charge on any atom is -0.335 e. The molecule has 0 unspecified atom stereocenters. The van der Waals surface area contributed by atoms with Crippen molar-refractivity contribution in [3.05, 3.63) is 40.0 Å². The Kier molecular flexibility index (Phi) is 3.97. The summed E-state index contributed by atoms with van der Waals surface area (Å²) in [5.74, 6) is 0.551. The highest BCUT2D eigenvalue weighted by Gasteiger charge is 2.34. The lowest BCUT2D eigenvalue weighted by Gasteiger charge is -2.22. The summed E-state index contributed by atoms with van der Waals surface area (Å²) in [6.07, 6.45) is 0.687. The number of carbonyl (C=O) groups is 1. The molecule has 0 N–H and O–H groups in total. The quantitative estimate of drug-likeness (QED) is 0.847. The number of aliphatic imine (C=N–C) groups is 1. The van der Waals surface area contributed by atoms with Crippen LogP contribution in [0.2, 0.25) is 0 Å². The molecule has 2 aliphatic rings. The molecular weight excluding hydrogens is 329 g/mol. The highest BCUT2D eigenvalue weighted by atomic mass is 32.1. The molecule has 122 valence electrons. The summed E-state index contributed by atoms with van der Waals surface area (Å²) in [6.45, 7) is 1.44. The van der Waals surface area contributed by atoms with Crippen molar-refractivity contribution in [2.75, 3.05) is 20.1 Å². The molecule has 1 amide bonds. The zero-order valence-corrected chi connectivity index (χ0v) is 13.0. The maximum atomic E-state index is 12.5. The number of hydrogen-bond donors (Lipinski definition) is 0. The first-order chi connectivity index (χ1) is 10.8. The van der Waals surface area contributed by atoms with E-state index in [1.54, 1.807) is 25.4 Å². The van der Waals surface area contributed by atoms with E-state index >= 15 is 0 Å². The third kappa shape index (κ3) is 3.29. The minimum atomic E-state index is -4.46. The average molecular weight is 342 g/mol. The minimum absolute atomic E-state index is 0.0334. The number of rotatable bonds is 3. The fourth-order valence-corrected chi connectivity index (χ4v) is 3.12. The monoisotopic (exact) mass is 342 g/mol. The molecule has 0 saturated heterocycles. The SMILES string of the molecule is CN(Cc1nc(C(F)(F)F)cs1)C(=O)C1=CN2CCN=C2C=C1. The van der Waals surface area contributed by atoms with Gasteiger partial charge >= 0.3 is 6.18 Å². The number of amidine groups is 1. The summed E-state index contributed by atoms with van der Waals surface area (Å²) in [4.78, 5) is 23.4. The molecule has 0 radical (unpaired) electrons. The van der Waals surface area contributed by atoms with Gasteiger partial charge in [-0.2, -0.15) is 13.2 Å². The van der Waals surface area contributed by atoms with Crippen molar-refractivity contribution in [1.29, 1.82) is 0 Å². The van der Waals surface area contributed by atoms with Gasteiger partial charge in [-0.25, -0.2) is 4.98 Å². The first-order valence-electron chi connectivity index (χ1n) is 6.82. The predicted octanol–water partition coefficient (Wildman–Crippen LogP) is 2.29. The fourth-order valence-electron chi connectivity index (χ4n) is 2.27. The smallest absolute Gasteiger partial charge is 0.335 e. The van der Waals surface area contributed by atoms with Gasteiger partial charge in [0.1, 0.15) is 10.8 Å². The number of likely N-dealkylation sites (N-methyl/N-ethyl adjacent to an activating group) is 1. The summed E-state index contributed by atoms with van der Waals surface area (Å²) >= 11 is 0.892. The molecule has 3 heterocycles. The average Bonchev–Trinajstić information content (AvgIpc) is 3.13. The van der Waals surface area contributed by atoms with E-state index in [1.165, 1.54) is 4.90 Å². The molecule has 2 aliphatic heterocycles. The molecule has 0 bridgehead atoms. The Hall–Kier alpha value is -2.16. The van der Waals surface area contributed by atoms with E-state index in [0.29, 0.717) is 12.1 Å². The van der Waals surface area contributed by atoms with Crippen molar-refractivity contribution >= 4 is 23.1 Å². The van der Waals surface area contributed by atoms with Crippen molar-refractivity contribution in [2.45, 2.75) is 12.7 Å². The Labute approximate surface area is 134 Å². The van der Waals surface area contributed by atoms with Crippen LogP contribution in [0.3, 0.4) is 0 Å². The Morgan fingerprint density at radius 2 is 2.22 bits per heavy atom. The molecule has 0 atom stereocenters. The van der Waals surface area contributed by atoms with Crippen molar-refractivity contribution < 1.29 is 18.0 Å². The Morgan fingerprint density at radius 1 is 1.43 bits per heavy atom. The lowest BCUT2D eigenvalue weighted by atomic mass is 10.1. The summed E-state index contributed by atoms with van der Waals surface area (Å²) < 4.78 is 37.6. The van der Waals surface area contributed by atoms with E-state index < -0.39 is 11.9 Å². The zero-order valence-electron chi connectivity index (χ0n) is 12.2. The normalized spacial score (nSPS) is 17.0.